The summed E-state index contributed by atoms with van der Waals surface area (Å²) in [6.07, 6.45) is 4.60. The van der Waals surface area contributed by atoms with Crippen molar-refractivity contribution in [2.45, 2.75) is 29.5 Å². The molecule has 0 spiro atoms. The van der Waals surface area contributed by atoms with Gasteiger partial charge in [-0.2, -0.15) is 0 Å². The zero-order valence-electron chi connectivity index (χ0n) is 10.8. The van der Waals surface area contributed by atoms with E-state index in [1.807, 2.05) is 36.7 Å². The van der Waals surface area contributed by atoms with Gasteiger partial charge in [0.05, 0.1) is 0 Å². The van der Waals surface area contributed by atoms with Crippen molar-refractivity contribution in [3.05, 3.63) is 58.8 Å². The highest BCUT2D eigenvalue weighted by Crippen LogP contribution is 2.40. The second kappa shape index (κ2) is 7.08. The first kappa shape index (κ1) is 14.6. The lowest BCUT2D eigenvalue weighted by molar-refractivity contribution is 0.633. The zero-order chi connectivity index (χ0) is 13.7. The Morgan fingerprint density at radius 3 is 2.53 bits per heavy atom. The van der Waals surface area contributed by atoms with Gasteiger partial charge in [-0.25, -0.2) is 0 Å². The fourth-order valence-corrected chi connectivity index (χ4v) is 3.68. The average molecular weight is 337 g/mol. The Morgan fingerprint density at radius 1 is 1.21 bits per heavy atom. The molecule has 0 aliphatic carbocycles. The number of pyridine rings is 1. The fourth-order valence-electron chi connectivity index (χ4n) is 1.85. The Balaban J connectivity index is 2.27. The highest BCUT2D eigenvalue weighted by Gasteiger charge is 2.20. The summed E-state index contributed by atoms with van der Waals surface area (Å²) in [5.74, 6) is 0. The maximum absolute atomic E-state index is 6.29. The second-order valence-corrected chi connectivity index (χ2v) is 6.36. The number of rotatable bonds is 5. The quantitative estimate of drug-likeness (QED) is 0.821. The molecular formula is C15H17BrN2S. The minimum Gasteiger partial charge on any atom is -0.326 e. The third-order valence-corrected chi connectivity index (χ3v) is 5.43. The molecule has 19 heavy (non-hydrogen) atoms. The molecule has 2 unspecified atom stereocenters. The molecule has 2 atom stereocenters. The van der Waals surface area contributed by atoms with Gasteiger partial charge >= 0.3 is 0 Å². The molecule has 0 aliphatic heterocycles. The van der Waals surface area contributed by atoms with Crippen LogP contribution in [-0.4, -0.2) is 11.0 Å². The summed E-state index contributed by atoms with van der Waals surface area (Å²) in [7, 11) is 0. The highest BCUT2D eigenvalue weighted by molar-refractivity contribution is 9.10. The van der Waals surface area contributed by atoms with Gasteiger partial charge in [-0.05, 0) is 52.2 Å². The number of hydrogen-bond donors (Lipinski definition) is 1. The Bertz CT molecular complexity index is 519. The van der Waals surface area contributed by atoms with Gasteiger partial charge in [-0.1, -0.05) is 19.1 Å². The number of nitrogens with zero attached hydrogens (tertiary/aromatic N) is 1. The fraction of sp³-hybridized carbons (Fsp3) is 0.267. The predicted octanol–water partition coefficient (Wildman–Crippen LogP) is 4.41. The summed E-state index contributed by atoms with van der Waals surface area (Å²) in [5, 5.41) is 0.242. The third kappa shape index (κ3) is 3.81. The first-order valence-corrected chi connectivity index (χ1v) is 7.96. The summed E-state index contributed by atoms with van der Waals surface area (Å²) < 4.78 is 1.11. The Kier molecular flexibility index (Phi) is 5.43. The minimum atomic E-state index is 0.125. The van der Waals surface area contributed by atoms with Crippen molar-refractivity contribution in [1.82, 2.24) is 4.98 Å². The van der Waals surface area contributed by atoms with E-state index < -0.39 is 0 Å². The van der Waals surface area contributed by atoms with Gasteiger partial charge < -0.3 is 5.73 Å². The van der Waals surface area contributed by atoms with Crippen molar-refractivity contribution in [2.24, 2.45) is 5.73 Å². The minimum absolute atomic E-state index is 0.125. The van der Waals surface area contributed by atoms with Crippen LogP contribution < -0.4 is 5.73 Å². The van der Waals surface area contributed by atoms with E-state index in [4.69, 9.17) is 5.73 Å². The zero-order valence-corrected chi connectivity index (χ0v) is 13.2. The highest BCUT2D eigenvalue weighted by atomic mass is 79.9. The maximum atomic E-state index is 6.29. The average Bonchev–Trinajstić information content (AvgIpc) is 2.46. The molecule has 1 aromatic heterocycles. The van der Waals surface area contributed by atoms with E-state index in [-0.39, 0.29) is 11.3 Å². The predicted molar refractivity (Wildman–Crippen MR) is 85.2 cm³/mol. The van der Waals surface area contributed by atoms with E-state index in [9.17, 15) is 0 Å². The van der Waals surface area contributed by atoms with Crippen molar-refractivity contribution in [3.63, 3.8) is 0 Å². The standard InChI is InChI=1S/C15H17BrN2S/c1-2-13(17)15(11-7-9-18-10-8-11)19-14-6-4-3-5-12(14)16/h3-10,13,15H,2,17H2,1H3. The van der Waals surface area contributed by atoms with Crippen LogP contribution in [0.1, 0.15) is 24.2 Å². The van der Waals surface area contributed by atoms with Gasteiger partial charge in [0.1, 0.15) is 0 Å². The summed E-state index contributed by atoms with van der Waals surface area (Å²) in [6, 6.07) is 12.5. The number of thioether (sulfide) groups is 1. The van der Waals surface area contributed by atoms with Crippen LogP contribution in [0.2, 0.25) is 0 Å². The molecule has 2 rings (SSSR count). The van der Waals surface area contributed by atoms with Crippen LogP contribution in [0.3, 0.4) is 0 Å². The van der Waals surface area contributed by atoms with Crippen LogP contribution in [0.15, 0.2) is 58.2 Å². The van der Waals surface area contributed by atoms with E-state index in [1.165, 1.54) is 10.5 Å². The van der Waals surface area contributed by atoms with Crippen molar-refractivity contribution in [3.8, 4) is 0 Å². The van der Waals surface area contributed by atoms with Gasteiger partial charge in [-0.3, -0.25) is 4.98 Å². The lowest BCUT2D eigenvalue weighted by Crippen LogP contribution is -2.25. The van der Waals surface area contributed by atoms with E-state index >= 15 is 0 Å². The SMILES string of the molecule is CCC(N)C(Sc1ccccc1Br)c1ccncc1. The topological polar surface area (TPSA) is 38.9 Å². The molecule has 1 heterocycles. The Hall–Kier alpha value is -0.840. The second-order valence-electron chi connectivity index (χ2n) is 4.32. The largest absolute Gasteiger partial charge is 0.326 e. The van der Waals surface area contributed by atoms with Gasteiger partial charge in [-0.15, -0.1) is 11.8 Å². The number of hydrogen-bond acceptors (Lipinski definition) is 3. The molecular weight excluding hydrogens is 320 g/mol. The van der Waals surface area contributed by atoms with Crippen LogP contribution >= 0.6 is 27.7 Å². The summed E-state index contributed by atoms with van der Waals surface area (Å²) in [5.41, 5.74) is 7.52. The normalized spacial score (nSPS) is 14.1. The summed E-state index contributed by atoms with van der Waals surface area (Å²) in [6.45, 7) is 2.12. The molecule has 2 nitrogen and oxygen atoms in total. The summed E-state index contributed by atoms with van der Waals surface area (Å²) in [4.78, 5) is 5.29. The van der Waals surface area contributed by atoms with Gasteiger partial charge in [0, 0.05) is 33.1 Å². The molecule has 0 fully saturated rings. The molecule has 0 saturated carbocycles. The van der Waals surface area contributed by atoms with Crippen LogP contribution in [0.25, 0.3) is 0 Å². The molecule has 100 valence electrons. The van der Waals surface area contributed by atoms with Gasteiger partial charge in [0.2, 0.25) is 0 Å². The number of benzene rings is 1. The molecule has 0 saturated heterocycles. The maximum Gasteiger partial charge on any atom is 0.0496 e. The molecule has 1 aromatic carbocycles. The van der Waals surface area contributed by atoms with Crippen LogP contribution in [0, 0.1) is 0 Å². The summed E-state index contributed by atoms with van der Waals surface area (Å²) >= 11 is 5.40. The number of halogens is 1. The monoisotopic (exact) mass is 336 g/mol. The molecule has 0 bridgehead atoms. The van der Waals surface area contributed by atoms with Crippen molar-refractivity contribution >= 4 is 27.7 Å². The lowest BCUT2D eigenvalue weighted by atomic mass is 10.1. The molecule has 4 heteroatoms. The van der Waals surface area contributed by atoms with E-state index in [0.717, 1.165) is 10.9 Å². The van der Waals surface area contributed by atoms with E-state index in [0.29, 0.717) is 0 Å². The third-order valence-electron chi connectivity index (χ3n) is 2.99. The Morgan fingerprint density at radius 2 is 1.89 bits per heavy atom. The van der Waals surface area contributed by atoms with Crippen molar-refractivity contribution in [1.29, 1.82) is 0 Å². The molecule has 0 amide bonds. The lowest BCUT2D eigenvalue weighted by Gasteiger charge is -2.23. The number of aromatic nitrogens is 1. The van der Waals surface area contributed by atoms with E-state index in [2.05, 4.69) is 40.0 Å². The van der Waals surface area contributed by atoms with Crippen molar-refractivity contribution in [2.75, 3.05) is 0 Å². The molecule has 2 aromatic rings. The molecule has 0 aliphatic rings. The van der Waals surface area contributed by atoms with Crippen LogP contribution in [0.4, 0.5) is 0 Å². The van der Waals surface area contributed by atoms with E-state index in [1.54, 1.807) is 11.8 Å². The Labute approximate surface area is 126 Å². The first-order chi connectivity index (χ1) is 9.22. The smallest absolute Gasteiger partial charge is 0.0496 e. The van der Waals surface area contributed by atoms with Gasteiger partial charge in [0.15, 0.2) is 0 Å². The van der Waals surface area contributed by atoms with Crippen molar-refractivity contribution < 1.29 is 0 Å². The van der Waals surface area contributed by atoms with Gasteiger partial charge in [0.25, 0.3) is 0 Å². The van der Waals surface area contributed by atoms with Crippen LogP contribution in [-0.2, 0) is 0 Å². The molecule has 0 radical (unpaired) electrons. The molecule has 2 N–H and O–H groups in total. The first-order valence-electron chi connectivity index (χ1n) is 6.29. The van der Waals surface area contributed by atoms with Crippen LogP contribution in [0.5, 0.6) is 0 Å². The number of nitrogens with two attached hydrogens (primary N) is 1.